The second kappa shape index (κ2) is 4.19. The van der Waals surface area contributed by atoms with Crippen LogP contribution in [-0.4, -0.2) is 24.5 Å². The van der Waals surface area contributed by atoms with Crippen molar-refractivity contribution in [2.75, 3.05) is 0 Å². The molecule has 6 heteroatoms. The Morgan fingerprint density at radius 3 is 2.90 bits per heavy atom. The Kier molecular flexibility index (Phi) is 2.54. The molecular formula is C14H16ClN5. The van der Waals surface area contributed by atoms with E-state index in [0.717, 1.165) is 28.4 Å². The lowest BCUT2D eigenvalue weighted by Gasteiger charge is -2.12. The molecule has 104 valence electrons. The molecule has 2 atom stereocenters. The largest absolute Gasteiger partial charge is 0.340 e. The minimum absolute atomic E-state index is 0.449. The van der Waals surface area contributed by atoms with Crippen molar-refractivity contribution < 1.29 is 0 Å². The highest BCUT2D eigenvalue weighted by molar-refractivity contribution is 6.34. The van der Waals surface area contributed by atoms with Gasteiger partial charge in [0.2, 0.25) is 0 Å². The van der Waals surface area contributed by atoms with Crippen molar-refractivity contribution in [3.8, 4) is 0 Å². The van der Waals surface area contributed by atoms with Crippen molar-refractivity contribution in [2.45, 2.75) is 39.2 Å². The lowest BCUT2D eigenvalue weighted by Crippen LogP contribution is -2.04. The first-order valence-corrected chi connectivity index (χ1v) is 7.39. The summed E-state index contributed by atoms with van der Waals surface area (Å²) in [6.45, 7) is 4.22. The molecule has 20 heavy (non-hydrogen) atoms. The summed E-state index contributed by atoms with van der Waals surface area (Å²) in [5.74, 6) is 1.60. The third-order valence-electron chi connectivity index (χ3n) is 4.29. The van der Waals surface area contributed by atoms with Crippen LogP contribution in [0.15, 0.2) is 6.33 Å². The van der Waals surface area contributed by atoms with Crippen molar-refractivity contribution in [3.63, 3.8) is 0 Å². The summed E-state index contributed by atoms with van der Waals surface area (Å²) in [5.41, 5.74) is 3.33. The van der Waals surface area contributed by atoms with Crippen molar-refractivity contribution in [1.29, 1.82) is 0 Å². The van der Waals surface area contributed by atoms with E-state index in [1.54, 1.807) is 0 Å². The molecule has 1 aliphatic carbocycles. The minimum Gasteiger partial charge on any atom is -0.340 e. The lowest BCUT2D eigenvalue weighted by molar-refractivity contribution is 0.502. The normalized spacial score (nSPS) is 23.1. The number of aromatic nitrogens is 5. The second-order valence-corrected chi connectivity index (χ2v) is 6.20. The number of rotatable bonds is 1. The molecule has 0 radical (unpaired) electrons. The Labute approximate surface area is 121 Å². The number of pyridine rings is 1. The fourth-order valence-corrected chi connectivity index (χ4v) is 3.51. The number of fused-ring (bicyclic) bond motifs is 3. The molecular weight excluding hydrogens is 274 g/mol. The van der Waals surface area contributed by atoms with E-state index in [1.807, 2.05) is 13.3 Å². The number of aryl methyl sites for hydroxylation is 1. The summed E-state index contributed by atoms with van der Waals surface area (Å²) in [6, 6.07) is 0.486. The summed E-state index contributed by atoms with van der Waals surface area (Å²) in [7, 11) is 0. The smallest absolute Gasteiger partial charge is 0.164 e. The molecule has 0 aromatic carbocycles. The monoisotopic (exact) mass is 289 g/mol. The molecule has 1 aliphatic rings. The van der Waals surface area contributed by atoms with E-state index in [9.17, 15) is 0 Å². The molecule has 1 saturated carbocycles. The van der Waals surface area contributed by atoms with E-state index < -0.39 is 0 Å². The highest BCUT2D eigenvalue weighted by Gasteiger charge is 2.25. The van der Waals surface area contributed by atoms with Crippen LogP contribution in [0, 0.1) is 12.8 Å². The van der Waals surface area contributed by atoms with E-state index in [1.165, 1.54) is 19.3 Å². The predicted octanol–water partition coefficient (Wildman–Crippen LogP) is 3.63. The number of halogens is 1. The first kappa shape index (κ1) is 12.1. The van der Waals surface area contributed by atoms with Gasteiger partial charge in [-0.25, -0.2) is 15.0 Å². The van der Waals surface area contributed by atoms with E-state index in [0.29, 0.717) is 16.7 Å². The zero-order chi connectivity index (χ0) is 13.9. The molecule has 3 aromatic heterocycles. The highest BCUT2D eigenvalue weighted by Crippen LogP contribution is 2.36. The summed E-state index contributed by atoms with van der Waals surface area (Å²) in [4.78, 5) is 16.7. The van der Waals surface area contributed by atoms with Gasteiger partial charge in [0, 0.05) is 6.04 Å². The van der Waals surface area contributed by atoms with Crippen LogP contribution in [-0.2, 0) is 0 Å². The quantitative estimate of drug-likeness (QED) is 0.696. The van der Waals surface area contributed by atoms with Gasteiger partial charge in [-0.1, -0.05) is 18.5 Å². The van der Waals surface area contributed by atoms with Crippen LogP contribution < -0.4 is 0 Å². The number of imidazole rings is 2. The molecule has 0 amide bonds. The van der Waals surface area contributed by atoms with Crippen LogP contribution in [0.4, 0.5) is 0 Å². The molecule has 5 nitrogen and oxygen atoms in total. The maximum Gasteiger partial charge on any atom is 0.164 e. The van der Waals surface area contributed by atoms with Crippen LogP contribution in [0.5, 0.6) is 0 Å². The Morgan fingerprint density at radius 2 is 2.15 bits per heavy atom. The number of hydrogen-bond acceptors (Lipinski definition) is 3. The van der Waals surface area contributed by atoms with Crippen LogP contribution in [0.3, 0.4) is 0 Å². The zero-order valence-corrected chi connectivity index (χ0v) is 12.3. The maximum absolute atomic E-state index is 6.28. The molecule has 3 heterocycles. The van der Waals surface area contributed by atoms with Crippen LogP contribution >= 0.6 is 11.6 Å². The average Bonchev–Trinajstić information content (AvgIpc) is 3.07. The Hall–Kier alpha value is -1.62. The molecule has 0 saturated heterocycles. The number of hydrogen-bond donors (Lipinski definition) is 1. The van der Waals surface area contributed by atoms with Gasteiger partial charge in [-0.2, -0.15) is 0 Å². The van der Waals surface area contributed by atoms with E-state index in [4.69, 9.17) is 11.6 Å². The summed E-state index contributed by atoms with van der Waals surface area (Å²) >= 11 is 6.28. The zero-order valence-electron chi connectivity index (χ0n) is 11.5. The van der Waals surface area contributed by atoms with Crippen molar-refractivity contribution in [1.82, 2.24) is 24.5 Å². The molecule has 4 rings (SSSR count). The minimum atomic E-state index is 0.449. The number of aromatic amines is 1. The molecule has 2 unspecified atom stereocenters. The predicted molar refractivity (Wildman–Crippen MR) is 79.0 cm³/mol. The maximum atomic E-state index is 6.28. The van der Waals surface area contributed by atoms with Gasteiger partial charge in [0.25, 0.3) is 0 Å². The van der Waals surface area contributed by atoms with Gasteiger partial charge in [0.05, 0.1) is 11.8 Å². The molecule has 1 fully saturated rings. The standard InChI is InChI=1S/C14H16ClN5/c1-7-3-4-9(5-7)20-6-16-12-10-11(18-8(2)17-10)13(15)19-14(12)20/h6-7,9H,3-5H2,1-2H3,(H,17,18). The SMILES string of the molecule is Cc1nc2c(Cl)nc3c(ncn3C3CCC(C)C3)c2[nH]1. The van der Waals surface area contributed by atoms with Gasteiger partial charge in [-0.3, -0.25) is 0 Å². The molecule has 0 aliphatic heterocycles. The summed E-state index contributed by atoms with van der Waals surface area (Å²) < 4.78 is 2.18. The topological polar surface area (TPSA) is 59.4 Å². The van der Waals surface area contributed by atoms with Crippen LogP contribution in [0.2, 0.25) is 5.15 Å². The first-order valence-electron chi connectivity index (χ1n) is 7.02. The van der Waals surface area contributed by atoms with Gasteiger partial charge in [-0.05, 0) is 32.1 Å². The molecule has 0 spiro atoms. The van der Waals surface area contributed by atoms with E-state index in [-0.39, 0.29) is 0 Å². The fraction of sp³-hybridized carbons (Fsp3) is 0.500. The third-order valence-corrected chi connectivity index (χ3v) is 4.55. The Balaban J connectivity index is 1.96. The highest BCUT2D eigenvalue weighted by atomic mass is 35.5. The second-order valence-electron chi connectivity index (χ2n) is 5.84. The Bertz CT molecular complexity index is 803. The molecule has 1 N–H and O–H groups in total. The summed E-state index contributed by atoms with van der Waals surface area (Å²) in [6.07, 6.45) is 5.53. The van der Waals surface area contributed by atoms with Gasteiger partial charge in [-0.15, -0.1) is 0 Å². The van der Waals surface area contributed by atoms with Gasteiger partial charge in [0.15, 0.2) is 10.8 Å². The summed E-state index contributed by atoms with van der Waals surface area (Å²) in [5, 5.41) is 0.449. The van der Waals surface area contributed by atoms with Crippen molar-refractivity contribution >= 4 is 33.8 Å². The van der Waals surface area contributed by atoms with Gasteiger partial charge >= 0.3 is 0 Å². The van der Waals surface area contributed by atoms with Gasteiger partial charge in [0.1, 0.15) is 16.9 Å². The van der Waals surface area contributed by atoms with Crippen LogP contribution in [0.1, 0.15) is 38.1 Å². The van der Waals surface area contributed by atoms with Crippen LogP contribution in [0.25, 0.3) is 22.2 Å². The molecule has 3 aromatic rings. The average molecular weight is 290 g/mol. The van der Waals surface area contributed by atoms with E-state index >= 15 is 0 Å². The number of nitrogens with one attached hydrogen (secondary N) is 1. The first-order chi connectivity index (χ1) is 9.63. The van der Waals surface area contributed by atoms with Crippen molar-refractivity contribution in [3.05, 3.63) is 17.3 Å². The van der Waals surface area contributed by atoms with E-state index in [2.05, 4.69) is 31.4 Å². The number of H-pyrrole nitrogens is 1. The fourth-order valence-electron chi connectivity index (χ4n) is 3.30. The molecule has 0 bridgehead atoms. The van der Waals surface area contributed by atoms with Gasteiger partial charge < -0.3 is 9.55 Å². The van der Waals surface area contributed by atoms with Crippen molar-refractivity contribution in [2.24, 2.45) is 5.92 Å². The third kappa shape index (κ3) is 1.66. The number of nitrogens with zero attached hydrogens (tertiary/aromatic N) is 4. The Morgan fingerprint density at radius 1 is 1.30 bits per heavy atom. The lowest BCUT2D eigenvalue weighted by atomic mass is 10.1.